The van der Waals surface area contributed by atoms with Gasteiger partial charge in [-0.05, 0) is 57.6 Å². The zero-order valence-corrected chi connectivity index (χ0v) is 24.5. The quantitative estimate of drug-likeness (QED) is 0.297. The van der Waals surface area contributed by atoms with E-state index in [2.05, 4.69) is 20.5 Å². The van der Waals surface area contributed by atoms with Crippen LogP contribution in [-0.2, 0) is 4.74 Å². The molecule has 1 saturated carbocycles. The van der Waals surface area contributed by atoms with E-state index in [0.717, 1.165) is 17.9 Å². The Morgan fingerprint density at radius 1 is 1.05 bits per heavy atom. The third-order valence-corrected chi connectivity index (χ3v) is 8.75. The van der Waals surface area contributed by atoms with Gasteiger partial charge in [-0.1, -0.05) is 42.7 Å². The van der Waals surface area contributed by atoms with Crippen LogP contribution >= 0.6 is 11.3 Å². The van der Waals surface area contributed by atoms with Crippen molar-refractivity contribution in [1.29, 1.82) is 0 Å². The second kappa shape index (κ2) is 13.4. The van der Waals surface area contributed by atoms with Crippen LogP contribution in [0.25, 0.3) is 11.3 Å². The first-order valence-electron chi connectivity index (χ1n) is 14.5. The highest BCUT2D eigenvalue weighted by molar-refractivity contribution is 7.17. The van der Waals surface area contributed by atoms with E-state index in [-0.39, 0.29) is 12.0 Å². The number of thiazole rings is 1. The normalized spacial score (nSPS) is 16.4. The first-order valence-corrected chi connectivity index (χ1v) is 15.3. The second-order valence-corrected chi connectivity index (χ2v) is 11.7. The fourth-order valence-corrected chi connectivity index (χ4v) is 6.20. The van der Waals surface area contributed by atoms with E-state index in [1.54, 1.807) is 13.8 Å². The van der Waals surface area contributed by atoms with Gasteiger partial charge in [0.2, 0.25) is 5.95 Å². The van der Waals surface area contributed by atoms with Crippen molar-refractivity contribution in [3.8, 4) is 11.3 Å². The van der Waals surface area contributed by atoms with Gasteiger partial charge in [0.1, 0.15) is 10.7 Å². The van der Waals surface area contributed by atoms with Crippen molar-refractivity contribution in [3.63, 3.8) is 0 Å². The lowest BCUT2D eigenvalue weighted by Crippen LogP contribution is -2.36. The summed E-state index contributed by atoms with van der Waals surface area (Å²) in [5, 5.41) is 16.8. The largest absolute Gasteiger partial charge is 0.462 e. The fraction of sp³-hybridized carbons (Fsp3) is 0.500. The minimum Gasteiger partial charge on any atom is -0.462 e. The average molecular weight is 579 g/mol. The molecule has 11 heteroatoms. The van der Waals surface area contributed by atoms with Gasteiger partial charge in [-0.2, -0.15) is 4.98 Å². The Bertz CT molecular complexity index is 1350. The summed E-state index contributed by atoms with van der Waals surface area (Å²) >= 11 is 1.20. The molecular weight excluding hydrogens is 540 g/mol. The number of hydrogen-bond acceptors (Lipinski definition) is 10. The van der Waals surface area contributed by atoms with Crippen LogP contribution in [-0.4, -0.2) is 64.3 Å². The Hall–Kier alpha value is -3.57. The summed E-state index contributed by atoms with van der Waals surface area (Å²) in [4.78, 5) is 41.6. The number of hydrogen-bond donors (Lipinski definition) is 3. The number of amides is 1. The first-order chi connectivity index (χ1) is 19.9. The number of carbonyl (C=O) groups excluding carboxylic acids is 2. The van der Waals surface area contributed by atoms with Crippen LogP contribution in [0.2, 0.25) is 0 Å². The number of nitrogens with zero attached hydrogens (tertiary/aromatic N) is 4. The van der Waals surface area contributed by atoms with Crippen molar-refractivity contribution in [3.05, 3.63) is 46.5 Å². The molecule has 2 aliphatic rings. The van der Waals surface area contributed by atoms with E-state index in [0.29, 0.717) is 71.4 Å². The number of benzene rings is 1. The summed E-state index contributed by atoms with van der Waals surface area (Å²) in [5.41, 5.74) is 2.73. The number of rotatable bonds is 9. The predicted octanol–water partition coefficient (Wildman–Crippen LogP) is 5.10. The minimum atomic E-state index is -0.402. The van der Waals surface area contributed by atoms with E-state index < -0.39 is 5.97 Å². The van der Waals surface area contributed by atoms with E-state index in [1.165, 1.54) is 43.4 Å². The lowest BCUT2D eigenvalue weighted by Gasteiger charge is -2.30. The number of nitrogens with one attached hydrogen (secondary N) is 2. The maximum Gasteiger partial charge on any atom is 0.350 e. The smallest absolute Gasteiger partial charge is 0.350 e. The molecule has 2 fully saturated rings. The molecule has 2 aromatic heterocycles. The van der Waals surface area contributed by atoms with Gasteiger partial charge >= 0.3 is 5.97 Å². The number of aryl methyl sites for hydroxylation is 1. The minimum absolute atomic E-state index is 0.0590. The van der Waals surface area contributed by atoms with Crippen LogP contribution in [0, 0.1) is 12.8 Å². The highest BCUT2D eigenvalue weighted by atomic mass is 32.1. The number of aliphatic hydroxyl groups is 1. The molecule has 0 unspecified atom stereocenters. The Balaban J connectivity index is 1.36. The Morgan fingerprint density at radius 3 is 2.49 bits per heavy atom. The molecule has 1 aliphatic heterocycles. The van der Waals surface area contributed by atoms with E-state index in [4.69, 9.17) is 14.7 Å². The predicted molar refractivity (Wildman–Crippen MR) is 160 cm³/mol. The molecule has 0 radical (unpaired) electrons. The maximum atomic E-state index is 12.8. The van der Waals surface area contributed by atoms with Gasteiger partial charge in [0.25, 0.3) is 5.91 Å². The number of aromatic nitrogens is 3. The van der Waals surface area contributed by atoms with Gasteiger partial charge in [-0.25, -0.2) is 14.8 Å². The van der Waals surface area contributed by atoms with Crippen molar-refractivity contribution >= 4 is 40.1 Å². The SMILES string of the molecule is CCOC(=O)c1sc(Nc2nc(-c3ccc(C(=O)NCC4CCCCC4)cc3)cc(N3CCC(O)CC3)n2)nc1C. The third-order valence-electron chi connectivity index (χ3n) is 7.70. The molecule has 0 spiro atoms. The zero-order valence-electron chi connectivity index (χ0n) is 23.7. The number of aliphatic hydroxyl groups excluding tert-OH is 1. The molecule has 218 valence electrons. The summed E-state index contributed by atoms with van der Waals surface area (Å²) in [6, 6.07) is 9.38. The van der Waals surface area contributed by atoms with Crippen LogP contribution in [0.1, 0.15) is 77.6 Å². The van der Waals surface area contributed by atoms with E-state index in [9.17, 15) is 14.7 Å². The summed E-state index contributed by atoms with van der Waals surface area (Å²) in [7, 11) is 0. The molecule has 5 rings (SSSR count). The zero-order chi connectivity index (χ0) is 28.8. The molecule has 1 amide bonds. The lowest BCUT2D eigenvalue weighted by atomic mass is 9.89. The Morgan fingerprint density at radius 2 is 1.78 bits per heavy atom. The van der Waals surface area contributed by atoms with Gasteiger partial charge < -0.3 is 20.1 Å². The van der Waals surface area contributed by atoms with Crippen LogP contribution in [0.15, 0.2) is 30.3 Å². The summed E-state index contributed by atoms with van der Waals surface area (Å²) < 4.78 is 5.15. The molecular formula is C30H38N6O4S. The number of piperidine rings is 1. The van der Waals surface area contributed by atoms with E-state index in [1.807, 2.05) is 30.3 Å². The monoisotopic (exact) mass is 578 g/mol. The highest BCUT2D eigenvalue weighted by Crippen LogP contribution is 2.30. The molecule has 3 aromatic rings. The number of anilines is 3. The summed E-state index contributed by atoms with van der Waals surface area (Å²) in [6.07, 6.45) is 7.20. The number of carbonyl (C=O) groups is 2. The van der Waals surface area contributed by atoms with Crippen molar-refractivity contribution < 1.29 is 19.4 Å². The molecule has 1 aliphatic carbocycles. The van der Waals surface area contributed by atoms with Crippen molar-refractivity contribution in [2.24, 2.45) is 5.92 Å². The van der Waals surface area contributed by atoms with E-state index >= 15 is 0 Å². The van der Waals surface area contributed by atoms with Gasteiger partial charge in [-0.3, -0.25) is 10.1 Å². The molecule has 10 nitrogen and oxygen atoms in total. The molecule has 1 saturated heterocycles. The van der Waals surface area contributed by atoms with Crippen LogP contribution in [0.3, 0.4) is 0 Å². The van der Waals surface area contributed by atoms with Crippen molar-refractivity contribution in [1.82, 2.24) is 20.3 Å². The standard InChI is InChI=1S/C30H38N6O4S/c1-3-40-28(39)26-19(2)32-30(41-26)35-29-33-24(17-25(34-29)36-15-13-23(37)14-16-36)21-9-11-22(12-10-21)27(38)31-18-20-7-5-4-6-8-20/h9-12,17,20,23,37H,3-8,13-16,18H2,1-2H3,(H,31,38)(H,32,33,34,35). The molecule has 0 bridgehead atoms. The first kappa shape index (κ1) is 28.9. The fourth-order valence-electron chi connectivity index (χ4n) is 5.35. The molecule has 3 N–H and O–H groups in total. The molecule has 1 aromatic carbocycles. The Kier molecular flexibility index (Phi) is 9.45. The molecule has 41 heavy (non-hydrogen) atoms. The number of ether oxygens (including phenoxy) is 1. The highest BCUT2D eigenvalue weighted by Gasteiger charge is 2.22. The van der Waals surface area contributed by atoms with Crippen molar-refractivity contribution in [2.45, 2.75) is 64.9 Å². The Labute approximate surface area is 244 Å². The third kappa shape index (κ3) is 7.39. The van der Waals surface area contributed by atoms with Gasteiger partial charge in [-0.15, -0.1) is 0 Å². The maximum absolute atomic E-state index is 12.8. The molecule has 3 heterocycles. The average Bonchev–Trinajstić information content (AvgIpc) is 3.36. The second-order valence-electron chi connectivity index (χ2n) is 10.7. The van der Waals surface area contributed by atoms with Crippen LogP contribution in [0.4, 0.5) is 16.9 Å². The van der Waals surface area contributed by atoms with Gasteiger partial charge in [0, 0.05) is 36.8 Å². The number of esters is 1. The molecule has 0 atom stereocenters. The summed E-state index contributed by atoms with van der Waals surface area (Å²) in [5.74, 6) is 1.19. The van der Waals surface area contributed by atoms with Crippen molar-refractivity contribution in [2.75, 3.05) is 36.5 Å². The van der Waals surface area contributed by atoms with Gasteiger partial charge in [0.05, 0.1) is 24.1 Å². The van der Waals surface area contributed by atoms with Gasteiger partial charge in [0.15, 0.2) is 5.13 Å². The lowest BCUT2D eigenvalue weighted by molar-refractivity contribution is 0.0530. The summed E-state index contributed by atoms with van der Waals surface area (Å²) in [6.45, 7) is 5.91. The topological polar surface area (TPSA) is 130 Å². The van der Waals surface area contributed by atoms with Crippen LogP contribution in [0.5, 0.6) is 0 Å². The van der Waals surface area contributed by atoms with Crippen LogP contribution < -0.4 is 15.5 Å².